The highest BCUT2D eigenvalue weighted by atomic mass is 16.5. The van der Waals surface area contributed by atoms with Crippen LogP contribution < -0.4 is 10.6 Å². The molecule has 2 heterocycles. The zero-order valence-electron chi connectivity index (χ0n) is 13.5. The third-order valence-electron chi connectivity index (χ3n) is 3.95. The lowest BCUT2D eigenvalue weighted by Crippen LogP contribution is -2.48. The van der Waals surface area contributed by atoms with Crippen molar-refractivity contribution in [1.82, 2.24) is 15.1 Å². The monoisotopic (exact) mass is 314 g/mol. The molecule has 1 fully saturated rings. The van der Waals surface area contributed by atoms with Crippen molar-refractivity contribution >= 4 is 11.7 Å². The Balaban J connectivity index is 1.55. The van der Waals surface area contributed by atoms with Crippen LogP contribution in [-0.4, -0.2) is 34.6 Å². The van der Waals surface area contributed by atoms with E-state index in [0.29, 0.717) is 13.2 Å². The Morgan fingerprint density at radius 1 is 1.39 bits per heavy atom. The minimum absolute atomic E-state index is 0.201. The smallest absolute Gasteiger partial charge is 0.319 e. The predicted molar refractivity (Wildman–Crippen MR) is 88.5 cm³/mol. The Hall–Kier alpha value is -2.34. The Morgan fingerprint density at radius 2 is 2.17 bits per heavy atom. The molecule has 2 N–H and O–H groups in total. The zero-order chi connectivity index (χ0) is 16.3. The molecule has 1 aromatic carbocycles. The largest absolute Gasteiger partial charge is 0.379 e. The van der Waals surface area contributed by atoms with E-state index in [1.165, 1.54) is 0 Å². The highest BCUT2D eigenvalue weighted by Crippen LogP contribution is 2.18. The second-order valence-electron chi connectivity index (χ2n) is 6.35. The summed E-state index contributed by atoms with van der Waals surface area (Å²) < 4.78 is 7.23. The quantitative estimate of drug-likeness (QED) is 0.911. The van der Waals surface area contributed by atoms with Gasteiger partial charge < -0.3 is 15.4 Å². The minimum Gasteiger partial charge on any atom is -0.379 e. The summed E-state index contributed by atoms with van der Waals surface area (Å²) in [5, 5.41) is 10.1. The maximum absolute atomic E-state index is 12.1. The predicted octanol–water partition coefficient (Wildman–Crippen LogP) is 2.54. The van der Waals surface area contributed by atoms with Gasteiger partial charge in [-0.15, -0.1) is 0 Å². The Morgan fingerprint density at radius 3 is 2.78 bits per heavy atom. The van der Waals surface area contributed by atoms with Gasteiger partial charge in [-0.2, -0.15) is 5.10 Å². The van der Waals surface area contributed by atoms with Crippen molar-refractivity contribution in [2.75, 3.05) is 18.5 Å². The van der Waals surface area contributed by atoms with Crippen LogP contribution in [0.5, 0.6) is 0 Å². The van der Waals surface area contributed by atoms with E-state index in [1.54, 1.807) is 0 Å². The number of urea groups is 1. The first-order chi connectivity index (χ1) is 11.0. The molecule has 0 spiro atoms. The van der Waals surface area contributed by atoms with Crippen molar-refractivity contribution in [1.29, 1.82) is 0 Å². The van der Waals surface area contributed by atoms with Gasteiger partial charge in [-0.25, -0.2) is 4.79 Å². The molecular formula is C17H22N4O2. The van der Waals surface area contributed by atoms with Crippen LogP contribution >= 0.6 is 0 Å². The number of hydrogen-bond acceptors (Lipinski definition) is 3. The maximum Gasteiger partial charge on any atom is 0.319 e. The van der Waals surface area contributed by atoms with E-state index in [4.69, 9.17) is 4.74 Å². The minimum atomic E-state index is -0.276. The molecule has 1 atom stereocenters. The Kier molecular flexibility index (Phi) is 4.34. The van der Waals surface area contributed by atoms with Crippen molar-refractivity contribution in [3.63, 3.8) is 0 Å². The van der Waals surface area contributed by atoms with E-state index in [1.807, 2.05) is 55.2 Å². The molecule has 1 aliphatic rings. The molecule has 0 radical (unpaired) electrons. The molecule has 6 nitrogen and oxygen atoms in total. The fourth-order valence-corrected chi connectivity index (χ4v) is 2.64. The van der Waals surface area contributed by atoms with E-state index in [2.05, 4.69) is 15.7 Å². The van der Waals surface area contributed by atoms with E-state index in [0.717, 1.165) is 29.8 Å². The molecule has 1 unspecified atom stereocenters. The van der Waals surface area contributed by atoms with Crippen LogP contribution in [-0.2, 0) is 11.3 Å². The maximum atomic E-state index is 12.1. The summed E-state index contributed by atoms with van der Waals surface area (Å²) in [7, 11) is 0. The van der Waals surface area contributed by atoms with Crippen LogP contribution in [0.25, 0.3) is 0 Å². The summed E-state index contributed by atoms with van der Waals surface area (Å²) in [6, 6.07) is 7.59. The van der Waals surface area contributed by atoms with Crippen LogP contribution in [0.15, 0.2) is 36.7 Å². The summed E-state index contributed by atoms with van der Waals surface area (Å²) in [5.74, 6) is 0. The van der Waals surface area contributed by atoms with Crippen LogP contribution in [0, 0.1) is 6.92 Å². The van der Waals surface area contributed by atoms with Gasteiger partial charge in [0.2, 0.25) is 0 Å². The first kappa shape index (κ1) is 15.6. The number of nitrogens with one attached hydrogen (secondary N) is 2. The third kappa shape index (κ3) is 4.10. The molecule has 0 bridgehead atoms. The molecule has 2 aromatic rings. The molecular weight excluding hydrogens is 292 g/mol. The number of carbonyl (C=O) groups is 1. The van der Waals surface area contributed by atoms with Crippen LogP contribution in [0.1, 0.15) is 24.5 Å². The second kappa shape index (κ2) is 6.42. The van der Waals surface area contributed by atoms with Gasteiger partial charge in [0.15, 0.2) is 0 Å². The first-order valence-electron chi connectivity index (χ1n) is 7.77. The van der Waals surface area contributed by atoms with Gasteiger partial charge >= 0.3 is 6.03 Å². The molecule has 1 aliphatic heterocycles. The van der Waals surface area contributed by atoms with E-state index >= 15 is 0 Å². The standard InChI is InChI=1S/C17H22N4O2/c1-13-9-18-21(10-13)11-14-3-5-15(6-4-14)19-16(22)20-17(2)7-8-23-12-17/h3-6,9-10H,7-8,11-12H2,1-2H3,(H2,19,20,22). The molecule has 1 aromatic heterocycles. The fourth-order valence-electron chi connectivity index (χ4n) is 2.64. The average Bonchev–Trinajstić information content (AvgIpc) is 3.10. The molecule has 23 heavy (non-hydrogen) atoms. The number of benzene rings is 1. The second-order valence-corrected chi connectivity index (χ2v) is 6.35. The van der Waals surface area contributed by atoms with E-state index < -0.39 is 0 Å². The molecule has 6 heteroatoms. The highest BCUT2D eigenvalue weighted by Gasteiger charge is 2.31. The summed E-state index contributed by atoms with van der Waals surface area (Å²) in [6.45, 7) is 5.98. The third-order valence-corrected chi connectivity index (χ3v) is 3.95. The summed E-state index contributed by atoms with van der Waals surface area (Å²) in [4.78, 5) is 12.1. The molecule has 122 valence electrons. The van der Waals surface area contributed by atoms with Crippen molar-refractivity contribution < 1.29 is 9.53 Å². The molecule has 3 rings (SSSR count). The zero-order valence-corrected chi connectivity index (χ0v) is 13.5. The number of aromatic nitrogens is 2. The summed E-state index contributed by atoms with van der Waals surface area (Å²) in [6.07, 6.45) is 4.68. The molecule has 0 saturated carbocycles. The number of hydrogen-bond donors (Lipinski definition) is 2. The molecule has 1 saturated heterocycles. The van der Waals surface area contributed by atoms with Crippen molar-refractivity contribution in [2.24, 2.45) is 0 Å². The first-order valence-corrected chi connectivity index (χ1v) is 7.77. The number of carbonyl (C=O) groups excluding carboxylic acids is 1. The lowest BCUT2D eigenvalue weighted by molar-refractivity contribution is 0.172. The van der Waals surface area contributed by atoms with E-state index in [9.17, 15) is 4.79 Å². The number of rotatable bonds is 4. The highest BCUT2D eigenvalue weighted by molar-refractivity contribution is 5.89. The van der Waals surface area contributed by atoms with Crippen molar-refractivity contribution in [3.05, 3.63) is 47.8 Å². The SMILES string of the molecule is Cc1cnn(Cc2ccc(NC(=O)NC3(C)CCOC3)cc2)c1. The summed E-state index contributed by atoms with van der Waals surface area (Å²) in [5.41, 5.74) is 2.77. The normalized spacial score (nSPS) is 20.4. The van der Waals surface area contributed by atoms with Gasteiger partial charge in [-0.05, 0) is 43.5 Å². The van der Waals surface area contributed by atoms with Crippen molar-refractivity contribution in [3.8, 4) is 0 Å². The number of amides is 2. The molecule has 0 aliphatic carbocycles. The van der Waals surface area contributed by atoms with Crippen LogP contribution in [0.4, 0.5) is 10.5 Å². The van der Waals surface area contributed by atoms with Gasteiger partial charge in [-0.3, -0.25) is 4.68 Å². The van der Waals surface area contributed by atoms with Gasteiger partial charge in [0, 0.05) is 18.5 Å². The van der Waals surface area contributed by atoms with E-state index in [-0.39, 0.29) is 11.6 Å². The van der Waals surface area contributed by atoms with Gasteiger partial charge in [-0.1, -0.05) is 12.1 Å². The number of aryl methyl sites for hydroxylation is 1. The number of anilines is 1. The fraction of sp³-hybridized carbons (Fsp3) is 0.412. The number of ether oxygens (including phenoxy) is 1. The Bertz CT molecular complexity index is 672. The average molecular weight is 314 g/mol. The number of nitrogens with zero attached hydrogens (tertiary/aromatic N) is 2. The lowest BCUT2D eigenvalue weighted by atomic mass is 10.0. The lowest BCUT2D eigenvalue weighted by Gasteiger charge is -2.23. The van der Waals surface area contributed by atoms with Crippen LogP contribution in [0.2, 0.25) is 0 Å². The van der Waals surface area contributed by atoms with Gasteiger partial charge in [0.1, 0.15) is 0 Å². The Labute approximate surface area is 135 Å². The topological polar surface area (TPSA) is 68.2 Å². The van der Waals surface area contributed by atoms with Gasteiger partial charge in [0.05, 0.1) is 24.9 Å². The molecule has 2 amide bonds. The summed E-state index contributed by atoms with van der Waals surface area (Å²) >= 11 is 0. The van der Waals surface area contributed by atoms with Crippen molar-refractivity contribution in [2.45, 2.75) is 32.4 Å². The van der Waals surface area contributed by atoms with Crippen LogP contribution in [0.3, 0.4) is 0 Å². The van der Waals surface area contributed by atoms with Gasteiger partial charge in [0.25, 0.3) is 0 Å².